The molecule has 2 heteroatoms. The Labute approximate surface area is 349 Å². The zero-order valence-corrected chi connectivity index (χ0v) is 33.0. The first kappa shape index (κ1) is 35.5. The van der Waals surface area contributed by atoms with Crippen LogP contribution in [0.3, 0.4) is 0 Å². The molecule has 60 heavy (non-hydrogen) atoms. The average Bonchev–Trinajstić information content (AvgIpc) is 3.31. The van der Waals surface area contributed by atoms with Crippen LogP contribution in [0.5, 0.6) is 0 Å². The van der Waals surface area contributed by atoms with Crippen molar-refractivity contribution in [3.8, 4) is 22.3 Å². The first-order chi connectivity index (χ1) is 29.7. The molecule has 2 N–H and O–H groups in total. The second-order valence-electron chi connectivity index (χ2n) is 15.6. The van der Waals surface area contributed by atoms with E-state index in [4.69, 9.17) is 10.7 Å². The van der Waals surface area contributed by atoms with E-state index in [2.05, 4.69) is 212 Å². The molecule has 0 fully saturated rings. The van der Waals surface area contributed by atoms with Gasteiger partial charge in [0.2, 0.25) is 0 Å². The lowest BCUT2D eigenvalue weighted by atomic mass is 9.89. The number of nitrogens with zero attached hydrogens (tertiary/aromatic N) is 1. The molecule has 0 bridgehead atoms. The van der Waals surface area contributed by atoms with Gasteiger partial charge in [-0.1, -0.05) is 200 Å². The second-order valence-corrected chi connectivity index (χ2v) is 15.6. The Morgan fingerprint density at radius 3 is 1.63 bits per heavy atom. The topological polar surface area (TPSA) is 38.4 Å². The van der Waals surface area contributed by atoms with Crippen LogP contribution in [0.4, 0.5) is 0 Å². The summed E-state index contributed by atoms with van der Waals surface area (Å²) in [7, 11) is 0. The normalized spacial score (nSPS) is 12.7. The molecule has 11 aromatic carbocycles. The number of rotatable bonds is 7. The summed E-state index contributed by atoms with van der Waals surface area (Å²) in [6.45, 7) is 0. The largest absolute Gasteiger partial charge is 0.321 e. The first-order valence-corrected chi connectivity index (χ1v) is 20.6. The van der Waals surface area contributed by atoms with Crippen molar-refractivity contribution in [1.29, 1.82) is 0 Å². The monoisotopic (exact) mass is 764 g/mol. The van der Waals surface area contributed by atoms with Gasteiger partial charge in [-0.2, -0.15) is 0 Å². The van der Waals surface area contributed by atoms with E-state index in [9.17, 15) is 0 Å². The molecule has 11 aromatic rings. The van der Waals surface area contributed by atoms with Crippen LogP contribution in [0.2, 0.25) is 0 Å². The number of aliphatic imine (C=N–C) groups is 1. The van der Waals surface area contributed by atoms with Gasteiger partial charge in [0.05, 0.1) is 11.7 Å². The molecule has 0 aliphatic carbocycles. The van der Waals surface area contributed by atoms with Crippen molar-refractivity contribution in [1.82, 2.24) is 0 Å². The van der Waals surface area contributed by atoms with Crippen molar-refractivity contribution in [3.05, 3.63) is 235 Å². The molecule has 0 aliphatic rings. The Kier molecular flexibility index (Phi) is 8.84. The number of hydrogen-bond donors (Lipinski definition) is 1. The lowest BCUT2D eigenvalue weighted by Crippen LogP contribution is -2.09. The van der Waals surface area contributed by atoms with Crippen LogP contribution in [0, 0.1) is 0 Å². The highest BCUT2D eigenvalue weighted by Crippen LogP contribution is 2.41. The van der Waals surface area contributed by atoms with Gasteiger partial charge in [0.25, 0.3) is 0 Å². The predicted molar refractivity (Wildman–Crippen MR) is 258 cm³/mol. The molecule has 2 nitrogen and oxygen atoms in total. The van der Waals surface area contributed by atoms with Crippen LogP contribution >= 0.6 is 0 Å². The van der Waals surface area contributed by atoms with Crippen LogP contribution in [0.25, 0.3) is 92.6 Å². The van der Waals surface area contributed by atoms with Crippen molar-refractivity contribution in [3.63, 3.8) is 0 Å². The molecular formula is C58H40N2. The SMILES string of the molecule is NC(/C=C(\N=Cc1ccc(-c2c3ccccc3cc3c2ccc2ccccc23)cc1)c1c2ccccc2cc2c1ccc1ccccc12)c1ccccc1-c1ccccc1. The summed E-state index contributed by atoms with van der Waals surface area (Å²) in [6.07, 6.45) is 4.14. The Morgan fingerprint density at radius 1 is 0.400 bits per heavy atom. The van der Waals surface area contributed by atoms with Gasteiger partial charge in [0, 0.05) is 11.8 Å². The minimum Gasteiger partial charge on any atom is -0.321 e. The fraction of sp³-hybridized carbons (Fsp3) is 0.0172. The van der Waals surface area contributed by atoms with E-state index in [1.165, 1.54) is 59.6 Å². The number of nitrogens with two attached hydrogens (primary N) is 1. The lowest BCUT2D eigenvalue weighted by molar-refractivity contribution is 0.914. The third kappa shape index (κ3) is 6.23. The standard InChI is InChI=1S/C58H40N2/c59-55(50-25-13-12-20-45(50)39-14-2-1-3-15-39)36-56(58-49-24-11-7-19-44(49)35-54-47-22-9-5-17-41(47)31-33-52(54)58)60-37-38-26-28-42(29-27-38)57-48-23-10-6-18-43(48)34-53-46-21-8-4-16-40(46)30-32-51(53)57/h1-37,55H,59H2/b56-36-,60-37?. The van der Waals surface area contributed by atoms with Crippen molar-refractivity contribution in [2.75, 3.05) is 0 Å². The maximum absolute atomic E-state index is 7.28. The summed E-state index contributed by atoms with van der Waals surface area (Å²) in [4.78, 5) is 5.40. The summed E-state index contributed by atoms with van der Waals surface area (Å²) in [5.41, 5.74) is 15.9. The highest BCUT2D eigenvalue weighted by atomic mass is 14.7. The lowest BCUT2D eigenvalue weighted by Gasteiger charge is -2.18. The summed E-state index contributed by atoms with van der Waals surface area (Å²) in [5.74, 6) is 0. The van der Waals surface area contributed by atoms with E-state index in [1.54, 1.807) is 0 Å². The Balaban J connectivity index is 1.08. The fourth-order valence-corrected chi connectivity index (χ4v) is 9.23. The fourth-order valence-electron chi connectivity index (χ4n) is 9.23. The molecule has 0 saturated heterocycles. The highest BCUT2D eigenvalue weighted by molar-refractivity contribution is 6.20. The van der Waals surface area contributed by atoms with Gasteiger partial charge < -0.3 is 5.73 Å². The molecule has 1 atom stereocenters. The van der Waals surface area contributed by atoms with Crippen molar-refractivity contribution in [2.45, 2.75) is 6.04 Å². The third-order valence-corrected chi connectivity index (χ3v) is 12.1. The quantitative estimate of drug-likeness (QED) is 0.0980. The van der Waals surface area contributed by atoms with Gasteiger partial charge in [-0.15, -0.1) is 0 Å². The number of benzene rings is 11. The Hall–Kier alpha value is -7.65. The molecular weight excluding hydrogens is 725 g/mol. The van der Waals surface area contributed by atoms with Crippen molar-refractivity contribution >= 4 is 76.5 Å². The van der Waals surface area contributed by atoms with Gasteiger partial charge in [-0.05, 0) is 116 Å². The molecule has 0 saturated carbocycles. The summed E-state index contributed by atoms with van der Waals surface area (Å²) in [5, 5.41) is 14.6. The summed E-state index contributed by atoms with van der Waals surface area (Å²) < 4.78 is 0. The first-order valence-electron chi connectivity index (χ1n) is 20.6. The summed E-state index contributed by atoms with van der Waals surface area (Å²) in [6, 6.07) is 75.6. The molecule has 0 heterocycles. The van der Waals surface area contributed by atoms with E-state index in [0.717, 1.165) is 49.7 Å². The van der Waals surface area contributed by atoms with Crippen LogP contribution in [0.15, 0.2) is 223 Å². The summed E-state index contributed by atoms with van der Waals surface area (Å²) >= 11 is 0. The van der Waals surface area contributed by atoms with Crippen molar-refractivity contribution in [2.24, 2.45) is 10.7 Å². The van der Waals surface area contributed by atoms with E-state index < -0.39 is 6.04 Å². The smallest absolute Gasteiger partial charge is 0.0693 e. The van der Waals surface area contributed by atoms with Crippen LogP contribution in [-0.2, 0) is 0 Å². The van der Waals surface area contributed by atoms with Crippen LogP contribution in [0.1, 0.15) is 22.7 Å². The van der Waals surface area contributed by atoms with Gasteiger partial charge in [-0.3, -0.25) is 4.99 Å². The zero-order valence-electron chi connectivity index (χ0n) is 33.0. The van der Waals surface area contributed by atoms with Crippen LogP contribution < -0.4 is 5.73 Å². The zero-order chi connectivity index (χ0) is 40.0. The minimum atomic E-state index is -0.430. The molecule has 11 rings (SSSR count). The highest BCUT2D eigenvalue weighted by Gasteiger charge is 2.18. The van der Waals surface area contributed by atoms with E-state index >= 15 is 0 Å². The maximum atomic E-state index is 7.28. The van der Waals surface area contributed by atoms with Crippen molar-refractivity contribution < 1.29 is 0 Å². The van der Waals surface area contributed by atoms with Crippen LogP contribution in [-0.4, -0.2) is 6.21 Å². The van der Waals surface area contributed by atoms with E-state index in [1.807, 2.05) is 12.3 Å². The predicted octanol–water partition coefficient (Wildman–Crippen LogP) is 15.1. The van der Waals surface area contributed by atoms with E-state index in [0.29, 0.717) is 0 Å². The minimum absolute atomic E-state index is 0.430. The number of hydrogen-bond acceptors (Lipinski definition) is 2. The maximum Gasteiger partial charge on any atom is 0.0693 e. The average molecular weight is 765 g/mol. The van der Waals surface area contributed by atoms with Gasteiger partial charge >= 0.3 is 0 Å². The molecule has 0 radical (unpaired) electrons. The van der Waals surface area contributed by atoms with Gasteiger partial charge in [0.1, 0.15) is 0 Å². The second kappa shape index (κ2) is 14.9. The molecule has 1 unspecified atom stereocenters. The number of fused-ring (bicyclic) bond motifs is 8. The Bertz CT molecular complexity index is 3490. The molecule has 282 valence electrons. The molecule has 0 spiro atoms. The van der Waals surface area contributed by atoms with Gasteiger partial charge in [0.15, 0.2) is 0 Å². The third-order valence-electron chi connectivity index (χ3n) is 12.1. The van der Waals surface area contributed by atoms with E-state index in [-0.39, 0.29) is 0 Å². The molecule has 0 aliphatic heterocycles. The Morgan fingerprint density at radius 2 is 0.933 bits per heavy atom. The van der Waals surface area contributed by atoms with Gasteiger partial charge in [-0.25, -0.2) is 0 Å². The molecule has 0 aromatic heterocycles. The molecule has 0 amide bonds.